The van der Waals surface area contributed by atoms with E-state index >= 15 is 0 Å². The van der Waals surface area contributed by atoms with Crippen molar-refractivity contribution in [2.24, 2.45) is 0 Å². The first-order chi connectivity index (χ1) is 14.2. The molecule has 0 atom stereocenters. The van der Waals surface area contributed by atoms with E-state index in [1.807, 2.05) is 24.3 Å². The van der Waals surface area contributed by atoms with Gasteiger partial charge in [0, 0.05) is 30.1 Å². The van der Waals surface area contributed by atoms with Gasteiger partial charge in [0.05, 0.1) is 7.11 Å². The van der Waals surface area contributed by atoms with Gasteiger partial charge in [-0.05, 0) is 48.4 Å². The third-order valence-electron chi connectivity index (χ3n) is 4.53. The first-order valence-corrected chi connectivity index (χ1v) is 9.25. The summed E-state index contributed by atoms with van der Waals surface area (Å²) in [6, 6.07) is 16.6. The number of ether oxygens (including phenoxy) is 3. The molecule has 3 aromatic rings. The van der Waals surface area contributed by atoms with Gasteiger partial charge < -0.3 is 24.8 Å². The van der Waals surface area contributed by atoms with Crippen LogP contribution in [0.2, 0.25) is 0 Å². The standard InChI is InChI=1S/C22H21N3O4/c1-27-18-5-2-15(3-6-18)8-10-23-21-12-16(9-11-24-21)22(26)25-17-4-7-19-20(13-17)29-14-28-19/h2-7,9,11-13H,8,10,14H2,1H3,(H,23,24)(H,25,26). The molecule has 0 saturated carbocycles. The number of nitrogens with one attached hydrogen (secondary N) is 2. The lowest BCUT2D eigenvalue weighted by atomic mass is 10.1. The van der Waals surface area contributed by atoms with Gasteiger partial charge in [0.15, 0.2) is 11.5 Å². The Bertz CT molecular complexity index is 1010. The van der Waals surface area contributed by atoms with Crippen molar-refractivity contribution in [2.75, 3.05) is 31.1 Å². The second-order valence-corrected chi connectivity index (χ2v) is 6.48. The summed E-state index contributed by atoms with van der Waals surface area (Å²) >= 11 is 0. The molecule has 2 aromatic carbocycles. The maximum Gasteiger partial charge on any atom is 0.255 e. The Morgan fingerprint density at radius 3 is 2.72 bits per heavy atom. The molecule has 4 rings (SSSR count). The number of nitrogens with zero attached hydrogens (tertiary/aromatic N) is 1. The second kappa shape index (κ2) is 8.52. The van der Waals surface area contributed by atoms with Crippen LogP contribution >= 0.6 is 0 Å². The van der Waals surface area contributed by atoms with E-state index in [4.69, 9.17) is 14.2 Å². The fourth-order valence-corrected chi connectivity index (χ4v) is 2.97. The summed E-state index contributed by atoms with van der Waals surface area (Å²) in [6.45, 7) is 0.898. The molecule has 7 heteroatoms. The minimum atomic E-state index is -0.218. The van der Waals surface area contributed by atoms with E-state index in [9.17, 15) is 4.79 Å². The quantitative estimate of drug-likeness (QED) is 0.639. The van der Waals surface area contributed by atoms with Gasteiger partial charge in [-0.1, -0.05) is 12.1 Å². The van der Waals surface area contributed by atoms with E-state index in [2.05, 4.69) is 15.6 Å². The normalized spacial score (nSPS) is 11.8. The first-order valence-electron chi connectivity index (χ1n) is 9.25. The van der Waals surface area contributed by atoms with Crippen molar-refractivity contribution in [1.29, 1.82) is 0 Å². The maximum atomic E-state index is 12.6. The molecule has 0 saturated heterocycles. The largest absolute Gasteiger partial charge is 0.497 e. The fraction of sp³-hybridized carbons (Fsp3) is 0.182. The number of rotatable bonds is 7. The zero-order valence-corrected chi connectivity index (χ0v) is 16.0. The number of fused-ring (bicyclic) bond motifs is 1. The monoisotopic (exact) mass is 391 g/mol. The second-order valence-electron chi connectivity index (χ2n) is 6.48. The number of methoxy groups -OCH3 is 1. The Labute approximate surface area is 168 Å². The Kier molecular flexibility index (Phi) is 5.47. The molecule has 2 heterocycles. The molecular weight excluding hydrogens is 370 g/mol. The van der Waals surface area contributed by atoms with Crippen molar-refractivity contribution in [3.8, 4) is 17.2 Å². The Balaban J connectivity index is 1.34. The van der Waals surface area contributed by atoms with Crippen molar-refractivity contribution in [2.45, 2.75) is 6.42 Å². The predicted octanol–water partition coefficient (Wildman–Crippen LogP) is 3.73. The summed E-state index contributed by atoms with van der Waals surface area (Å²) in [6.07, 6.45) is 2.45. The SMILES string of the molecule is COc1ccc(CCNc2cc(C(=O)Nc3ccc4c(c3)OCO4)ccn2)cc1. The van der Waals surface area contributed by atoms with Gasteiger partial charge in [-0.25, -0.2) is 4.98 Å². The summed E-state index contributed by atoms with van der Waals surface area (Å²) in [5.74, 6) is 2.57. The maximum absolute atomic E-state index is 12.6. The van der Waals surface area contributed by atoms with E-state index in [-0.39, 0.29) is 12.7 Å². The van der Waals surface area contributed by atoms with Crippen LogP contribution in [0.15, 0.2) is 60.8 Å². The molecule has 0 fully saturated rings. The van der Waals surface area contributed by atoms with E-state index in [1.54, 1.807) is 43.6 Å². The van der Waals surface area contributed by atoms with Crippen molar-refractivity contribution in [3.63, 3.8) is 0 Å². The Morgan fingerprint density at radius 2 is 1.90 bits per heavy atom. The van der Waals surface area contributed by atoms with Crippen molar-refractivity contribution in [1.82, 2.24) is 4.98 Å². The van der Waals surface area contributed by atoms with Crippen LogP contribution in [0.25, 0.3) is 0 Å². The van der Waals surface area contributed by atoms with Crippen LogP contribution in [-0.4, -0.2) is 31.3 Å². The van der Waals surface area contributed by atoms with Gasteiger partial charge in [0.1, 0.15) is 11.6 Å². The lowest BCUT2D eigenvalue weighted by Crippen LogP contribution is -2.13. The summed E-state index contributed by atoms with van der Waals surface area (Å²) in [7, 11) is 1.65. The van der Waals surface area contributed by atoms with E-state index < -0.39 is 0 Å². The van der Waals surface area contributed by atoms with Gasteiger partial charge in [-0.2, -0.15) is 0 Å². The van der Waals surface area contributed by atoms with E-state index in [1.165, 1.54) is 5.56 Å². The molecule has 1 aliphatic heterocycles. The molecule has 29 heavy (non-hydrogen) atoms. The number of hydrogen-bond donors (Lipinski definition) is 2. The number of aromatic nitrogens is 1. The van der Waals surface area contributed by atoms with Crippen LogP contribution in [0, 0.1) is 0 Å². The van der Waals surface area contributed by atoms with Crippen molar-refractivity contribution < 1.29 is 19.0 Å². The Hall–Kier alpha value is -3.74. The van der Waals surface area contributed by atoms with Gasteiger partial charge >= 0.3 is 0 Å². The van der Waals surface area contributed by atoms with Crippen molar-refractivity contribution in [3.05, 3.63) is 71.9 Å². The molecule has 0 spiro atoms. The number of amides is 1. The van der Waals surface area contributed by atoms with Gasteiger partial charge in [-0.15, -0.1) is 0 Å². The third-order valence-corrected chi connectivity index (χ3v) is 4.53. The number of hydrogen-bond acceptors (Lipinski definition) is 6. The zero-order valence-electron chi connectivity index (χ0n) is 16.0. The molecule has 2 N–H and O–H groups in total. The van der Waals surface area contributed by atoms with Crippen molar-refractivity contribution >= 4 is 17.4 Å². The molecule has 1 aromatic heterocycles. The number of anilines is 2. The highest BCUT2D eigenvalue weighted by molar-refractivity contribution is 6.04. The lowest BCUT2D eigenvalue weighted by molar-refractivity contribution is 0.102. The number of pyridine rings is 1. The average Bonchev–Trinajstić information content (AvgIpc) is 3.22. The summed E-state index contributed by atoms with van der Waals surface area (Å²) in [5.41, 5.74) is 2.35. The summed E-state index contributed by atoms with van der Waals surface area (Å²) in [5, 5.41) is 6.12. The summed E-state index contributed by atoms with van der Waals surface area (Å²) < 4.78 is 15.8. The van der Waals surface area contributed by atoms with Gasteiger partial charge in [-0.3, -0.25) is 4.79 Å². The minimum Gasteiger partial charge on any atom is -0.497 e. The number of benzene rings is 2. The van der Waals surface area contributed by atoms with Gasteiger partial charge in [0.2, 0.25) is 6.79 Å². The molecular formula is C22H21N3O4. The predicted molar refractivity (Wildman–Crippen MR) is 110 cm³/mol. The highest BCUT2D eigenvalue weighted by Crippen LogP contribution is 2.34. The van der Waals surface area contributed by atoms with Crippen LogP contribution < -0.4 is 24.8 Å². The Morgan fingerprint density at radius 1 is 1.07 bits per heavy atom. The molecule has 0 radical (unpaired) electrons. The molecule has 148 valence electrons. The van der Waals surface area contributed by atoms with Crippen LogP contribution in [0.4, 0.5) is 11.5 Å². The number of carbonyl (C=O) groups excluding carboxylic acids is 1. The highest BCUT2D eigenvalue weighted by Gasteiger charge is 2.15. The van der Waals surface area contributed by atoms with E-state index in [0.29, 0.717) is 35.1 Å². The van der Waals surface area contributed by atoms with Gasteiger partial charge in [0.25, 0.3) is 5.91 Å². The first kappa shape index (κ1) is 18.6. The molecule has 1 aliphatic rings. The van der Waals surface area contributed by atoms with Crippen LogP contribution in [0.5, 0.6) is 17.2 Å². The van der Waals surface area contributed by atoms with E-state index in [0.717, 1.165) is 12.2 Å². The lowest BCUT2D eigenvalue weighted by Gasteiger charge is -2.09. The average molecular weight is 391 g/mol. The zero-order chi connectivity index (χ0) is 20.1. The molecule has 0 aliphatic carbocycles. The van der Waals surface area contributed by atoms with Crippen LogP contribution in [0.1, 0.15) is 15.9 Å². The molecule has 7 nitrogen and oxygen atoms in total. The highest BCUT2D eigenvalue weighted by atomic mass is 16.7. The summed E-state index contributed by atoms with van der Waals surface area (Å²) in [4.78, 5) is 16.9. The minimum absolute atomic E-state index is 0.197. The third kappa shape index (κ3) is 4.57. The molecule has 0 bridgehead atoms. The smallest absolute Gasteiger partial charge is 0.255 e. The van der Waals surface area contributed by atoms with Crippen LogP contribution in [0.3, 0.4) is 0 Å². The number of carbonyl (C=O) groups is 1. The van der Waals surface area contributed by atoms with Crippen LogP contribution in [-0.2, 0) is 6.42 Å². The fourth-order valence-electron chi connectivity index (χ4n) is 2.97. The molecule has 0 unspecified atom stereocenters. The molecule has 1 amide bonds. The topological polar surface area (TPSA) is 81.7 Å².